The maximum Gasteiger partial charge on any atom is 0.0505 e. The zero-order valence-electron chi connectivity index (χ0n) is 34.8. The van der Waals surface area contributed by atoms with Crippen LogP contribution in [-0.2, 0) is 23.7 Å². The van der Waals surface area contributed by atoms with E-state index >= 15 is 0 Å². The minimum absolute atomic E-state index is 0.0965. The molecule has 0 radical (unpaired) electrons. The monoisotopic (exact) mass is 766 g/mol. The number of hydrogen-bond donors (Lipinski definition) is 0. The molecule has 0 bridgehead atoms. The Morgan fingerprint density at radius 1 is 0.492 bits per heavy atom. The number of rotatable bonds is 7. The molecule has 0 amide bonds. The van der Waals surface area contributed by atoms with Crippen molar-refractivity contribution < 1.29 is 0 Å². The first-order valence-corrected chi connectivity index (χ1v) is 22.2. The summed E-state index contributed by atoms with van der Waals surface area (Å²) in [7, 11) is 0. The van der Waals surface area contributed by atoms with Crippen molar-refractivity contribution in [3.63, 3.8) is 0 Å². The van der Waals surface area contributed by atoms with Gasteiger partial charge in [-0.25, -0.2) is 0 Å². The first kappa shape index (κ1) is 36.2. The molecule has 11 rings (SSSR count). The predicted molar refractivity (Wildman–Crippen MR) is 248 cm³/mol. The smallest absolute Gasteiger partial charge is 0.0505 e. The van der Waals surface area contributed by atoms with Gasteiger partial charge in [-0.15, -0.1) is 0 Å². The Morgan fingerprint density at radius 3 is 1.64 bits per heavy atom. The molecule has 0 saturated heterocycles. The van der Waals surface area contributed by atoms with Crippen molar-refractivity contribution in [2.75, 3.05) is 9.80 Å². The average molecular weight is 767 g/mol. The van der Waals surface area contributed by atoms with Crippen molar-refractivity contribution in [3.05, 3.63) is 202 Å². The summed E-state index contributed by atoms with van der Waals surface area (Å²) in [5.41, 5.74) is 21.8. The second-order valence-corrected chi connectivity index (χ2v) is 18.3. The molecule has 4 aliphatic carbocycles. The van der Waals surface area contributed by atoms with Crippen LogP contribution in [0, 0.1) is 6.92 Å². The molecule has 0 aliphatic heterocycles. The second kappa shape index (κ2) is 14.2. The van der Waals surface area contributed by atoms with Crippen molar-refractivity contribution in [2.24, 2.45) is 0 Å². The third-order valence-electron chi connectivity index (χ3n) is 14.7. The molecule has 1 atom stereocenters. The van der Waals surface area contributed by atoms with E-state index in [0.29, 0.717) is 5.92 Å². The highest BCUT2D eigenvalue weighted by atomic mass is 15.2. The first-order chi connectivity index (χ1) is 28.9. The summed E-state index contributed by atoms with van der Waals surface area (Å²) in [6.07, 6.45) is 11.1. The van der Waals surface area contributed by atoms with E-state index in [4.69, 9.17) is 0 Å². The van der Waals surface area contributed by atoms with Crippen LogP contribution in [0.4, 0.5) is 34.1 Å². The third kappa shape index (κ3) is 5.74. The zero-order chi connectivity index (χ0) is 39.7. The number of hydrogen-bond acceptors (Lipinski definition) is 2. The van der Waals surface area contributed by atoms with Gasteiger partial charge in [-0.1, -0.05) is 130 Å². The molecule has 4 aliphatic rings. The van der Waals surface area contributed by atoms with Crippen LogP contribution in [0.1, 0.15) is 109 Å². The lowest BCUT2D eigenvalue weighted by atomic mass is 9.74. The van der Waals surface area contributed by atoms with E-state index in [1.54, 1.807) is 0 Å². The van der Waals surface area contributed by atoms with Crippen LogP contribution >= 0.6 is 0 Å². The molecular weight excluding hydrogens is 713 g/mol. The van der Waals surface area contributed by atoms with Crippen molar-refractivity contribution in [3.8, 4) is 11.1 Å². The summed E-state index contributed by atoms with van der Waals surface area (Å²) in [6, 6.07) is 60.2. The van der Waals surface area contributed by atoms with Crippen LogP contribution in [0.25, 0.3) is 11.1 Å². The fourth-order valence-electron chi connectivity index (χ4n) is 12.0. The van der Waals surface area contributed by atoms with E-state index < -0.39 is 0 Å². The van der Waals surface area contributed by atoms with Crippen molar-refractivity contribution in [1.29, 1.82) is 0 Å². The topological polar surface area (TPSA) is 6.48 Å². The first-order valence-electron chi connectivity index (χ1n) is 22.2. The van der Waals surface area contributed by atoms with Crippen molar-refractivity contribution in [2.45, 2.75) is 95.3 Å². The summed E-state index contributed by atoms with van der Waals surface area (Å²) in [5.74, 6) is 0.670. The molecule has 1 fully saturated rings. The van der Waals surface area contributed by atoms with Gasteiger partial charge in [0.2, 0.25) is 0 Å². The van der Waals surface area contributed by atoms with Gasteiger partial charge in [0, 0.05) is 33.6 Å². The van der Waals surface area contributed by atoms with Gasteiger partial charge in [-0.3, -0.25) is 0 Å². The van der Waals surface area contributed by atoms with E-state index in [0.717, 1.165) is 25.7 Å². The van der Waals surface area contributed by atoms with Crippen LogP contribution < -0.4 is 9.80 Å². The summed E-state index contributed by atoms with van der Waals surface area (Å²) in [5, 5.41) is 0. The molecule has 0 unspecified atom stereocenters. The van der Waals surface area contributed by atoms with Crippen LogP contribution in [0.5, 0.6) is 0 Å². The van der Waals surface area contributed by atoms with Gasteiger partial charge >= 0.3 is 0 Å². The zero-order valence-corrected chi connectivity index (χ0v) is 34.8. The Labute approximate surface area is 351 Å². The van der Waals surface area contributed by atoms with Crippen LogP contribution in [0.3, 0.4) is 0 Å². The minimum Gasteiger partial charge on any atom is -0.310 e. The highest BCUT2D eigenvalue weighted by Gasteiger charge is 2.49. The lowest BCUT2D eigenvalue weighted by Gasteiger charge is -2.37. The normalized spacial score (nSPS) is 18.6. The van der Waals surface area contributed by atoms with E-state index in [2.05, 4.69) is 188 Å². The summed E-state index contributed by atoms with van der Waals surface area (Å²) in [4.78, 5) is 5.14. The van der Waals surface area contributed by atoms with E-state index in [1.807, 2.05) is 0 Å². The summed E-state index contributed by atoms with van der Waals surface area (Å²) < 4.78 is 0. The van der Waals surface area contributed by atoms with Crippen LogP contribution in [-0.4, -0.2) is 0 Å². The molecule has 0 heterocycles. The van der Waals surface area contributed by atoms with Crippen molar-refractivity contribution >= 4 is 34.1 Å². The SMILES string of the molecule is Cc1cccc2c1-c1ccc(N(c3ccc(C4CCCCC4)cc3)c3cccc4c3[C@]3(CCc5cccc(N(c6ccccc6)c6ccccc6)c53)CC4)cc1C2(C)C. The largest absolute Gasteiger partial charge is 0.310 e. The van der Waals surface area contributed by atoms with Gasteiger partial charge in [-0.2, -0.15) is 0 Å². The Balaban J connectivity index is 1.11. The van der Waals surface area contributed by atoms with Crippen LogP contribution in [0.2, 0.25) is 0 Å². The number of fused-ring (bicyclic) bond motifs is 7. The van der Waals surface area contributed by atoms with Crippen molar-refractivity contribution in [1.82, 2.24) is 0 Å². The Bertz CT molecular complexity index is 2640. The van der Waals surface area contributed by atoms with E-state index in [9.17, 15) is 0 Å². The molecule has 7 aromatic rings. The lowest BCUT2D eigenvalue weighted by Crippen LogP contribution is -2.27. The number of nitrogens with zero attached hydrogens (tertiary/aromatic N) is 2. The molecule has 7 aromatic carbocycles. The van der Waals surface area contributed by atoms with Gasteiger partial charge in [0.15, 0.2) is 0 Å². The quantitative estimate of drug-likeness (QED) is 0.159. The minimum atomic E-state index is -0.122. The number of anilines is 6. The summed E-state index contributed by atoms with van der Waals surface area (Å²) in [6.45, 7) is 7.11. The van der Waals surface area contributed by atoms with Gasteiger partial charge < -0.3 is 9.80 Å². The molecular formula is C57H54N2. The highest BCUT2D eigenvalue weighted by molar-refractivity contribution is 5.89. The second-order valence-electron chi connectivity index (χ2n) is 18.3. The molecule has 0 N–H and O–H groups in total. The molecule has 2 heteroatoms. The Hall–Kier alpha value is -5.86. The van der Waals surface area contributed by atoms with Gasteiger partial charge in [0.1, 0.15) is 0 Å². The molecule has 2 nitrogen and oxygen atoms in total. The van der Waals surface area contributed by atoms with Gasteiger partial charge in [-0.05, 0) is 168 Å². The lowest BCUT2D eigenvalue weighted by molar-refractivity contribution is 0.443. The standard InChI is InChI=1S/C57H54N2/c1-39-16-13-25-49-53(39)48-33-32-47(38-50(48)56(49,2)3)59(46-30-28-41(29-31-46)40-17-7-4-8-18-40)52-27-15-20-43-35-37-57(55(43)52)36-34-42-19-14-26-51(54(42)57)58(44-21-9-5-10-22-44)45-23-11-6-12-24-45/h5-6,9-16,19-33,38,40H,4,7-8,17-18,34-37H2,1-3H3/t57-/m1/s1. The maximum atomic E-state index is 2.63. The fraction of sp³-hybridized carbons (Fsp3) is 0.263. The number of benzene rings is 7. The Morgan fingerprint density at radius 2 is 1.03 bits per heavy atom. The predicted octanol–water partition coefficient (Wildman–Crippen LogP) is 15.5. The molecule has 0 aromatic heterocycles. The molecule has 59 heavy (non-hydrogen) atoms. The van der Waals surface area contributed by atoms with Crippen LogP contribution in [0.15, 0.2) is 158 Å². The van der Waals surface area contributed by atoms with Gasteiger partial charge in [0.05, 0.1) is 11.4 Å². The van der Waals surface area contributed by atoms with E-state index in [-0.39, 0.29) is 10.8 Å². The Kier molecular flexibility index (Phi) is 8.70. The maximum absolute atomic E-state index is 2.63. The summed E-state index contributed by atoms with van der Waals surface area (Å²) >= 11 is 0. The molecule has 292 valence electrons. The number of para-hydroxylation sites is 2. The average Bonchev–Trinajstić information content (AvgIpc) is 3.93. The third-order valence-corrected chi connectivity index (χ3v) is 14.7. The van der Waals surface area contributed by atoms with E-state index in [1.165, 1.54) is 122 Å². The molecule has 1 spiro atoms. The van der Waals surface area contributed by atoms with Gasteiger partial charge in [0.25, 0.3) is 0 Å². The fourth-order valence-corrected chi connectivity index (χ4v) is 12.0. The molecule has 1 saturated carbocycles. The highest BCUT2D eigenvalue weighted by Crippen LogP contribution is 2.60. The number of aryl methyl sites for hydroxylation is 3.